The summed E-state index contributed by atoms with van der Waals surface area (Å²) in [5.41, 5.74) is 0.397. The van der Waals surface area contributed by atoms with Crippen LogP contribution < -0.4 is 0 Å². The molecule has 2 rings (SSSR count). The molecule has 2 aromatic rings. The standard InChI is InChI=1S/C9H6O4S/c10-5-8-9(14(11)12)6-3-1-2-4-7(6)13-8/h1-5H,(H,11,12)/p-1. The van der Waals surface area contributed by atoms with Crippen molar-refractivity contribution in [3.8, 4) is 0 Å². The van der Waals surface area contributed by atoms with E-state index >= 15 is 0 Å². The Hall–Kier alpha value is -1.46. The second-order valence-corrected chi connectivity index (χ2v) is 3.52. The molecule has 0 saturated carbocycles. The minimum atomic E-state index is -2.46. The van der Waals surface area contributed by atoms with E-state index in [1.165, 1.54) is 0 Å². The van der Waals surface area contributed by atoms with Crippen molar-refractivity contribution >= 4 is 28.3 Å². The van der Waals surface area contributed by atoms with E-state index < -0.39 is 11.1 Å². The third-order valence-corrected chi connectivity index (χ3v) is 2.60. The fourth-order valence-electron chi connectivity index (χ4n) is 1.29. The van der Waals surface area contributed by atoms with Gasteiger partial charge in [0, 0.05) is 5.39 Å². The van der Waals surface area contributed by atoms with E-state index in [1.54, 1.807) is 24.3 Å². The van der Waals surface area contributed by atoms with Gasteiger partial charge in [-0.25, -0.2) is 0 Å². The molecule has 1 heterocycles. The second kappa shape index (κ2) is 3.36. The SMILES string of the molecule is O=Cc1oc2ccccc2c1S(=O)[O-]. The molecule has 1 aromatic heterocycles. The quantitative estimate of drug-likeness (QED) is 0.554. The van der Waals surface area contributed by atoms with Gasteiger partial charge < -0.3 is 8.97 Å². The molecule has 0 amide bonds. The highest BCUT2D eigenvalue weighted by Gasteiger charge is 2.13. The molecule has 0 saturated heterocycles. The molecule has 0 bridgehead atoms. The zero-order chi connectivity index (χ0) is 10.1. The van der Waals surface area contributed by atoms with Crippen LogP contribution >= 0.6 is 0 Å². The van der Waals surface area contributed by atoms with Gasteiger partial charge in [0.2, 0.25) is 0 Å². The van der Waals surface area contributed by atoms with E-state index in [0.29, 0.717) is 17.3 Å². The van der Waals surface area contributed by atoms with Gasteiger partial charge in [-0.2, -0.15) is 0 Å². The Balaban J connectivity index is 2.87. The molecule has 4 nitrogen and oxygen atoms in total. The number of hydrogen-bond donors (Lipinski definition) is 0. The molecular formula is C9H5O4S-. The van der Waals surface area contributed by atoms with Crippen molar-refractivity contribution in [1.82, 2.24) is 0 Å². The topological polar surface area (TPSA) is 70.3 Å². The molecule has 1 unspecified atom stereocenters. The fourth-order valence-corrected chi connectivity index (χ4v) is 1.89. The molecular weight excluding hydrogens is 204 g/mol. The number of carbonyl (C=O) groups is 1. The van der Waals surface area contributed by atoms with Crippen LogP contribution in [0.1, 0.15) is 10.6 Å². The van der Waals surface area contributed by atoms with Crippen LogP contribution in [0, 0.1) is 0 Å². The highest BCUT2D eigenvalue weighted by atomic mass is 32.2. The predicted octanol–water partition coefficient (Wildman–Crippen LogP) is 1.48. The molecule has 0 spiro atoms. The van der Waals surface area contributed by atoms with Crippen molar-refractivity contribution in [1.29, 1.82) is 0 Å². The fraction of sp³-hybridized carbons (Fsp3) is 0. The Morgan fingerprint density at radius 3 is 2.71 bits per heavy atom. The molecule has 0 aliphatic rings. The average Bonchev–Trinajstić information content (AvgIpc) is 2.55. The number of furan rings is 1. The van der Waals surface area contributed by atoms with Crippen LogP contribution in [0.25, 0.3) is 11.0 Å². The summed E-state index contributed by atoms with van der Waals surface area (Å²) in [5.74, 6) is -0.153. The Morgan fingerprint density at radius 1 is 1.36 bits per heavy atom. The van der Waals surface area contributed by atoms with Gasteiger partial charge in [-0.3, -0.25) is 9.00 Å². The van der Waals surface area contributed by atoms with Crippen molar-refractivity contribution in [2.24, 2.45) is 0 Å². The molecule has 14 heavy (non-hydrogen) atoms. The Labute approximate surface area is 81.8 Å². The molecule has 0 radical (unpaired) electrons. The highest BCUT2D eigenvalue weighted by molar-refractivity contribution is 7.79. The zero-order valence-corrected chi connectivity index (χ0v) is 7.74. The molecule has 72 valence electrons. The number of hydrogen-bond acceptors (Lipinski definition) is 4. The minimum Gasteiger partial charge on any atom is -0.768 e. The van der Waals surface area contributed by atoms with Crippen molar-refractivity contribution in [3.63, 3.8) is 0 Å². The number of carbonyl (C=O) groups excluding carboxylic acids is 1. The van der Waals surface area contributed by atoms with Gasteiger partial charge in [-0.05, 0) is 23.2 Å². The van der Waals surface area contributed by atoms with Crippen LogP contribution in [0.15, 0.2) is 33.6 Å². The third-order valence-electron chi connectivity index (χ3n) is 1.85. The first-order chi connectivity index (χ1) is 6.74. The van der Waals surface area contributed by atoms with Crippen LogP contribution in [0.2, 0.25) is 0 Å². The number of para-hydroxylation sites is 1. The Morgan fingerprint density at radius 2 is 2.07 bits per heavy atom. The minimum absolute atomic E-state index is 0.0735. The Bertz CT molecular complexity index is 515. The van der Waals surface area contributed by atoms with Gasteiger partial charge >= 0.3 is 0 Å². The van der Waals surface area contributed by atoms with Crippen LogP contribution in [-0.4, -0.2) is 15.0 Å². The van der Waals surface area contributed by atoms with Crippen molar-refractivity contribution in [2.45, 2.75) is 4.90 Å². The van der Waals surface area contributed by atoms with Gasteiger partial charge in [-0.1, -0.05) is 12.1 Å². The molecule has 1 aromatic carbocycles. The molecule has 0 fully saturated rings. The second-order valence-electron chi connectivity index (χ2n) is 2.64. The Kier molecular flexibility index (Phi) is 2.18. The van der Waals surface area contributed by atoms with Crippen molar-refractivity contribution in [3.05, 3.63) is 30.0 Å². The van der Waals surface area contributed by atoms with E-state index in [4.69, 9.17) is 4.42 Å². The number of aldehydes is 1. The van der Waals surface area contributed by atoms with Crippen LogP contribution in [-0.2, 0) is 11.1 Å². The smallest absolute Gasteiger partial charge is 0.186 e. The first kappa shape index (κ1) is 9.11. The molecule has 5 heteroatoms. The summed E-state index contributed by atoms with van der Waals surface area (Å²) in [6, 6.07) is 6.59. The predicted molar refractivity (Wildman–Crippen MR) is 48.8 cm³/mol. The third kappa shape index (κ3) is 1.26. The highest BCUT2D eigenvalue weighted by Crippen LogP contribution is 2.26. The van der Waals surface area contributed by atoms with Crippen LogP contribution in [0.3, 0.4) is 0 Å². The summed E-state index contributed by atoms with van der Waals surface area (Å²) in [5, 5.41) is 0.433. The van der Waals surface area contributed by atoms with Gasteiger partial charge in [0.25, 0.3) is 0 Å². The number of benzene rings is 1. The summed E-state index contributed by atoms with van der Waals surface area (Å²) >= 11 is -2.46. The maximum absolute atomic E-state index is 10.8. The van der Waals surface area contributed by atoms with E-state index in [2.05, 4.69) is 0 Å². The van der Waals surface area contributed by atoms with Crippen molar-refractivity contribution < 1.29 is 18.0 Å². The molecule has 0 N–H and O–H groups in total. The van der Waals surface area contributed by atoms with Crippen LogP contribution in [0.5, 0.6) is 0 Å². The van der Waals surface area contributed by atoms with E-state index in [-0.39, 0.29) is 10.7 Å². The summed E-state index contributed by atoms with van der Waals surface area (Å²) in [6.45, 7) is 0. The summed E-state index contributed by atoms with van der Waals surface area (Å²) in [7, 11) is 0. The lowest BCUT2D eigenvalue weighted by Gasteiger charge is -2.01. The van der Waals surface area contributed by atoms with Crippen molar-refractivity contribution in [2.75, 3.05) is 0 Å². The first-order valence-corrected chi connectivity index (χ1v) is 4.87. The zero-order valence-electron chi connectivity index (χ0n) is 6.93. The maximum Gasteiger partial charge on any atom is 0.186 e. The summed E-state index contributed by atoms with van der Waals surface area (Å²) in [4.78, 5) is 10.5. The van der Waals surface area contributed by atoms with Gasteiger partial charge in [0.05, 0.1) is 4.90 Å². The lowest BCUT2D eigenvalue weighted by Crippen LogP contribution is -1.91. The summed E-state index contributed by atoms with van der Waals surface area (Å²) < 4.78 is 26.7. The van der Waals surface area contributed by atoms with E-state index in [9.17, 15) is 13.6 Å². The average molecular weight is 209 g/mol. The molecule has 1 atom stereocenters. The monoisotopic (exact) mass is 209 g/mol. The molecule has 0 aliphatic heterocycles. The largest absolute Gasteiger partial charge is 0.768 e. The van der Waals surface area contributed by atoms with Gasteiger partial charge in [0.1, 0.15) is 5.58 Å². The van der Waals surface area contributed by atoms with Gasteiger partial charge in [0.15, 0.2) is 12.0 Å². The first-order valence-electron chi connectivity index (χ1n) is 3.80. The maximum atomic E-state index is 10.8. The lowest BCUT2D eigenvalue weighted by molar-refractivity contribution is 0.109. The molecule has 0 aliphatic carbocycles. The van der Waals surface area contributed by atoms with E-state index in [1.807, 2.05) is 0 Å². The number of fused-ring (bicyclic) bond motifs is 1. The van der Waals surface area contributed by atoms with Crippen LogP contribution in [0.4, 0.5) is 0 Å². The normalized spacial score (nSPS) is 12.9. The lowest BCUT2D eigenvalue weighted by atomic mass is 10.2. The number of rotatable bonds is 2. The summed E-state index contributed by atoms with van der Waals surface area (Å²) in [6.07, 6.45) is 0.394. The van der Waals surface area contributed by atoms with Gasteiger partial charge in [-0.15, -0.1) is 0 Å². The van der Waals surface area contributed by atoms with E-state index in [0.717, 1.165) is 0 Å².